The minimum absolute atomic E-state index is 0.484. The molecule has 0 heterocycles. The molecule has 0 saturated heterocycles. The average Bonchev–Trinajstić information content (AvgIpc) is 2.34. The lowest BCUT2D eigenvalue weighted by molar-refractivity contribution is -0.143. The third kappa shape index (κ3) is 5.69. The summed E-state index contributed by atoms with van der Waals surface area (Å²) in [5.74, 6) is -1.54. The van der Waals surface area contributed by atoms with Crippen LogP contribution in [0.4, 0.5) is 4.79 Å². The molecule has 0 aliphatic heterocycles. The van der Waals surface area contributed by atoms with E-state index >= 15 is 0 Å². The quantitative estimate of drug-likeness (QED) is 0.638. The Bertz CT molecular complexity index is 528. The summed E-state index contributed by atoms with van der Waals surface area (Å²) in [6, 6.07) is 5.90. The van der Waals surface area contributed by atoms with Crippen LogP contribution in [0.1, 0.15) is 5.56 Å². The zero-order valence-electron chi connectivity index (χ0n) is 9.76. The van der Waals surface area contributed by atoms with Crippen molar-refractivity contribution in [3.05, 3.63) is 40.9 Å². The molecule has 0 fully saturated rings. The number of nitrogens with one attached hydrogen (secondary N) is 1. The number of nitrogens with two attached hydrogens (primary N) is 1. The number of ether oxygens (including phenoxy) is 1. The Morgan fingerprint density at radius 1 is 1.32 bits per heavy atom. The van der Waals surface area contributed by atoms with Crippen molar-refractivity contribution in [1.29, 1.82) is 0 Å². The maximum absolute atomic E-state index is 11.3. The van der Waals surface area contributed by atoms with Crippen LogP contribution in [0.15, 0.2) is 30.3 Å². The van der Waals surface area contributed by atoms with Crippen LogP contribution < -0.4 is 11.1 Å². The molecule has 1 rings (SSSR count). The number of imide groups is 1. The van der Waals surface area contributed by atoms with Crippen LogP contribution in [0.3, 0.4) is 0 Å². The number of hydrogen-bond donors (Lipinski definition) is 2. The number of benzene rings is 1. The van der Waals surface area contributed by atoms with E-state index in [1.54, 1.807) is 29.6 Å². The summed E-state index contributed by atoms with van der Waals surface area (Å²) < 4.78 is 4.58. The zero-order chi connectivity index (χ0) is 14.3. The molecule has 6 nitrogen and oxygen atoms in total. The molecule has 0 bridgehead atoms. The van der Waals surface area contributed by atoms with E-state index in [-0.39, 0.29) is 0 Å². The van der Waals surface area contributed by atoms with Crippen LogP contribution in [0.25, 0.3) is 6.08 Å². The molecular formula is C12H11ClN2O4. The topological polar surface area (TPSA) is 98.5 Å². The van der Waals surface area contributed by atoms with Crippen molar-refractivity contribution in [3.8, 4) is 0 Å². The summed E-state index contributed by atoms with van der Waals surface area (Å²) in [7, 11) is 0. The average molecular weight is 283 g/mol. The first kappa shape index (κ1) is 14.7. The molecule has 3 N–H and O–H groups in total. The molecule has 1 aromatic rings. The van der Waals surface area contributed by atoms with Gasteiger partial charge in [-0.15, -0.1) is 0 Å². The fourth-order valence-electron chi connectivity index (χ4n) is 1.13. The van der Waals surface area contributed by atoms with Crippen LogP contribution >= 0.6 is 11.6 Å². The lowest BCUT2D eigenvalue weighted by atomic mass is 10.2. The van der Waals surface area contributed by atoms with Gasteiger partial charge in [0.2, 0.25) is 0 Å². The molecule has 0 radical (unpaired) electrons. The van der Waals surface area contributed by atoms with Crippen molar-refractivity contribution in [2.75, 3.05) is 6.61 Å². The van der Waals surface area contributed by atoms with Crippen molar-refractivity contribution >= 4 is 35.6 Å². The maximum atomic E-state index is 11.3. The molecule has 7 heteroatoms. The fourth-order valence-corrected chi connectivity index (χ4v) is 1.33. The van der Waals surface area contributed by atoms with Gasteiger partial charge in [0.1, 0.15) is 0 Å². The van der Waals surface area contributed by atoms with Gasteiger partial charge < -0.3 is 10.5 Å². The highest BCUT2D eigenvalue weighted by atomic mass is 35.5. The Balaban J connectivity index is 2.46. The van der Waals surface area contributed by atoms with Gasteiger partial charge in [0.15, 0.2) is 6.61 Å². The van der Waals surface area contributed by atoms with Crippen LogP contribution in [-0.4, -0.2) is 24.5 Å². The van der Waals surface area contributed by atoms with Gasteiger partial charge in [-0.1, -0.05) is 29.8 Å². The van der Waals surface area contributed by atoms with E-state index in [9.17, 15) is 14.4 Å². The predicted molar refractivity (Wildman–Crippen MR) is 69.2 cm³/mol. The normalized spacial score (nSPS) is 10.2. The maximum Gasteiger partial charge on any atom is 0.331 e. The standard InChI is InChI=1S/C12H11ClN2O4/c13-9-4-2-1-3-8(9)5-6-11(17)19-7-10(16)15-12(14)18/h1-6H,7H2,(H3,14,15,16,18)/b6-5+. The van der Waals surface area contributed by atoms with E-state index in [0.29, 0.717) is 10.6 Å². The van der Waals surface area contributed by atoms with Crippen LogP contribution in [-0.2, 0) is 14.3 Å². The SMILES string of the molecule is NC(=O)NC(=O)COC(=O)/C=C/c1ccccc1Cl. The summed E-state index contributed by atoms with van der Waals surface area (Å²) in [5.41, 5.74) is 5.35. The second kappa shape index (κ2) is 7.17. The molecule has 0 unspecified atom stereocenters. The van der Waals surface area contributed by atoms with E-state index in [2.05, 4.69) is 4.74 Å². The summed E-state index contributed by atoms with van der Waals surface area (Å²) in [4.78, 5) is 32.5. The number of amides is 3. The minimum Gasteiger partial charge on any atom is -0.452 e. The van der Waals surface area contributed by atoms with Crippen molar-refractivity contribution in [3.63, 3.8) is 0 Å². The van der Waals surface area contributed by atoms with Crippen molar-refractivity contribution in [1.82, 2.24) is 5.32 Å². The lowest BCUT2D eigenvalue weighted by Gasteiger charge is -2.01. The molecule has 1 aromatic carbocycles. The van der Waals surface area contributed by atoms with Gasteiger partial charge in [-0.25, -0.2) is 9.59 Å². The third-order valence-electron chi connectivity index (χ3n) is 1.91. The number of rotatable bonds is 4. The highest BCUT2D eigenvalue weighted by Crippen LogP contribution is 2.16. The van der Waals surface area contributed by atoms with Crippen molar-refractivity contribution < 1.29 is 19.1 Å². The molecule has 0 spiro atoms. The Kier molecular flexibility index (Phi) is 5.56. The molecule has 0 saturated carbocycles. The van der Waals surface area contributed by atoms with Gasteiger partial charge in [-0.2, -0.15) is 0 Å². The molecule has 3 amide bonds. The minimum atomic E-state index is -1.01. The monoisotopic (exact) mass is 282 g/mol. The van der Waals surface area contributed by atoms with E-state index in [1.807, 2.05) is 0 Å². The molecule has 100 valence electrons. The van der Waals surface area contributed by atoms with Gasteiger partial charge in [-0.05, 0) is 17.7 Å². The van der Waals surface area contributed by atoms with Gasteiger partial charge >= 0.3 is 12.0 Å². The number of esters is 1. The molecule has 19 heavy (non-hydrogen) atoms. The second-order valence-electron chi connectivity index (χ2n) is 3.37. The predicted octanol–water partition coefficient (Wildman–Crippen LogP) is 1.09. The van der Waals surface area contributed by atoms with E-state index in [1.165, 1.54) is 6.08 Å². The first-order valence-electron chi connectivity index (χ1n) is 5.17. The number of halogens is 1. The number of carbonyl (C=O) groups is 3. The van der Waals surface area contributed by atoms with Gasteiger partial charge in [0, 0.05) is 11.1 Å². The van der Waals surface area contributed by atoms with Gasteiger partial charge in [-0.3, -0.25) is 10.1 Å². The lowest BCUT2D eigenvalue weighted by Crippen LogP contribution is -2.37. The Morgan fingerprint density at radius 2 is 2.00 bits per heavy atom. The van der Waals surface area contributed by atoms with Crippen LogP contribution in [0, 0.1) is 0 Å². The molecule has 0 aliphatic rings. The zero-order valence-corrected chi connectivity index (χ0v) is 10.5. The van der Waals surface area contributed by atoms with Gasteiger partial charge in [0.05, 0.1) is 0 Å². The largest absolute Gasteiger partial charge is 0.452 e. The first-order valence-corrected chi connectivity index (χ1v) is 5.55. The van der Waals surface area contributed by atoms with E-state index in [4.69, 9.17) is 17.3 Å². The summed E-state index contributed by atoms with van der Waals surface area (Å²) in [5, 5.41) is 2.24. The summed E-state index contributed by atoms with van der Waals surface area (Å²) in [6.07, 6.45) is 2.58. The van der Waals surface area contributed by atoms with E-state index < -0.39 is 24.5 Å². The molecule has 0 atom stereocenters. The highest BCUT2D eigenvalue weighted by Gasteiger charge is 2.06. The summed E-state index contributed by atoms with van der Waals surface area (Å²) >= 11 is 5.87. The first-order chi connectivity index (χ1) is 8.99. The Morgan fingerprint density at radius 3 is 2.63 bits per heavy atom. The Labute approximate surface area is 114 Å². The third-order valence-corrected chi connectivity index (χ3v) is 2.26. The number of urea groups is 1. The Hall–Kier alpha value is -2.34. The second-order valence-corrected chi connectivity index (χ2v) is 3.78. The van der Waals surface area contributed by atoms with Gasteiger partial charge in [0.25, 0.3) is 5.91 Å². The van der Waals surface area contributed by atoms with Crippen LogP contribution in [0.5, 0.6) is 0 Å². The van der Waals surface area contributed by atoms with E-state index in [0.717, 1.165) is 6.08 Å². The van der Waals surface area contributed by atoms with Crippen molar-refractivity contribution in [2.45, 2.75) is 0 Å². The number of primary amides is 1. The van der Waals surface area contributed by atoms with Crippen molar-refractivity contribution in [2.24, 2.45) is 5.73 Å². The number of carbonyl (C=O) groups excluding carboxylic acids is 3. The summed E-state index contributed by atoms with van der Waals surface area (Å²) in [6.45, 7) is -0.589. The number of hydrogen-bond acceptors (Lipinski definition) is 4. The molecule has 0 aliphatic carbocycles. The fraction of sp³-hybridized carbons (Fsp3) is 0.0833. The molecular weight excluding hydrogens is 272 g/mol. The highest BCUT2D eigenvalue weighted by molar-refractivity contribution is 6.32. The molecule has 0 aromatic heterocycles. The smallest absolute Gasteiger partial charge is 0.331 e. The van der Waals surface area contributed by atoms with Crippen LogP contribution in [0.2, 0.25) is 5.02 Å².